The van der Waals surface area contributed by atoms with E-state index in [1.807, 2.05) is 0 Å². The number of carbonyl (C=O) groups is 5. The SMILES string of the molecule is CCOC(=O)COc1cccc(CC=C2C(=O)N(CC(=O)OCC)C(=O)N2CC(=O)OCC)c1. The molecule has 2 rings (SSSR count). The number of ether oxygens (including phenoxy) is 4. The van der Waals surface area contributed by atoms with Crippen LogP contribution in [0.2, 0.25) is 0 Å². The fraction of sp³-hybridized carbons (Fsp3) is 0.435. The van der Waals surface area contributed by atoms with Crippen LogP contribution in [-0.4, -0.2) is 79.2 Å². The van der Waals surface area contributed by atoms with Gasteiger partial charge in [-0.25, -0.2) is 14.5 Å². The number of urea groups is 1. The molecule has 0 aromatic heterocycles. The van der Waals surface area contributed by atoms with Crippen molar-refractivity contribution in [2.75, 3.05) is 39.5 Å². The van der Waals surface area contributed by atoms with Gasteiger partial charge in [0.25, 0.3) is 5.91 Å². The maximum absolute atomic E-state index is 12.9. The van der Waals surface area contributed by atoms with Crippen molar-refractivity contribution in [3.8, 4) is 5.75 Å². The fourth-order valence-electron chi connectivity index (χ4n) is 3.07. The molecule has 0 atom stereocenters. The van der Waals surface area contributed by atoms with Crippen LogP contribution in [0.15, 0.2) is 36.0 Å². The van der Waals surface area contributed by atoms with Crippen LogP contribution in [0.1, 0.15) is 26.3 Å². The summed E-state index contributed by atoms with van der Waals surface area (Å²) in [5, 5.41) is 0. The molecule has 0 radical (unpaired) electrons. The summed E-state index contributed by atoms with van der Waals surface area (Å²) in [5.41, 5.74) is 0.661. The van der Waals surface area contributed by atoms with Gasteiger partial charge in [0.1, 0.15) is 24.5 Å². The van der Waals surface area contributed by atoms with Crippen molar-refractivity contribution in [1.82, 2.24) is 9.80 Å². The summed E-state index contributed by atoms with van der Waals surface area (Å²) in [7, 11) is 0. The third-order valence-electron chi connectivity index (χ3n) is 4.49. The van der Waals surface area contributed by atoms with E-state index in [4.69, 9.17) is 18.9 Å². The van der Waals surface area contributed by atoms with Gasteiger partial charge in [0, 0.05) is 0 Å². The second-order valence-corrected chi connectivity index (χ2v) is 6.90. The maximum atomic E-state index is 12.9. The van der Waals surface area contributed by atoms with E-state index in [9.17, 15) is 24.0 Å². The Labute approximate surface area is 197 Å². The Balaban J connectivity index is 2.20. The molecule has 184 valence electrons. The van der Waals surface area contributed by atoms with Crippen molar-refractivity contribution >= 4 is 29.8 Å². The number of hydrogen-bond donors (Lipinski definition) is 0. The van der Waals surface area contributed by atoms with Crippen LogP contribution in [0.5, 0.6) is 5.75 Å². The van der Waals surface area contributed by atoms with Gasteiger partial charge in [-0.3, -0.25) is 19.3 Å². The number of nitrogens with zero attached hydrogens (tertiary/aromatic N) is 2. The van der Waals surface area contributed by atoms with Crippen molar-refractivity contribution in [2.24, 2.45) is 0 Å². The topological polar surface area (TPSA) is 129 Å². The van der Waals surface area contributed by atoms with E-state index >= 15 is 0 Å². The third kappa shape index (κ3) is 7.32. The van der Waals surface area contributed by atoms with Crippen molar-refractivity contribution in [1.29, 1.82) is 0 Å². The van der Waals surface area contributed by atoms with Crippen molar-refractivity contribution in [3.05, 3.63) is 41.6 Å². The zero-order chi connectivity index (χ0) is 25.1. The lowest BCUT2D eigenvalue weighted by Crippen LogP contribution is -2.39. The number of amides is 3. The van der Waals surface area contributed by atoms with Gasteiger partial charge in [-0.1, -0.05) is 18.2 Å². The first kappa shape index (κ1) is 26.4. The highest BCUT2D eigenvalue weighted by Crippen LogP contribution is 2.23. The van der Waals surface area contributed by atoms with Crippen LogP contribution in [0.3, 0.4) is 0 Å². The van der Waals surface area contributed by atoms with E-state index in [1.54, 1.807) is 45.0 Å². The summed E-state index contributed by atoms with van der Waals surface area (Å²) in [6.07, 6.45) is 1.69. The van der Waals surface area contributed by atoms with Gasteiger partial charge in [0.2, 0.25) is 0 Å². The predicted molar refractivity (Wildman–Crippen MR) is 117 cm³/mol. The number of imide groups is 1. The Bertz CT molecular complexity index is 958. The molecule has 1 saturated heterocycles. The first-order valence-electron chi connectivity index (χ1n) is 10.8. The molecule has 3 amide bonds. The van der Waals surface area contributed by atoms with E-state index in [0.29, 0.717) is 11.3 Å². The average molecular weight is 476 g/mol. The number of rotatable bonds is 12. The molecular formula is C23H28N2O9. The van der Waals surface area contributed by atoms with Crippen molar-refractivity contribution in [3.63, 3.8) is 0 Å². The molecule has 0 unspecified atom stereocenters. The van der Waals surface area contributed by atoms with Crippen LogP contribution < -0.4 is 4.74 Å². The molecule has 0 saturated carbocycles. The van der Waals surface area contributed by atoms with E-state index in [1.165, 1.54) is 6.08 Å². The number of esters is 3. The van der Waals surface area contributed by atoms with Crippen LogP contribution in [-0.2, 0) is 39.8 Å². The van der Waals surface area contributed by atoms with Crippen LogP contribution >= 0.6 is 0 Å². The second-order valence-electron chi connectivity index (χ2n) is 6.90. The summed E-state index contributed by atoms with van der Waals surface area (Å²) >= 11 is 0. The smallest absolute Gasteiger partial charge is 0.344 e. The Morgan fingerprint density at radius 3 is 2.06 bits per heavy atom. The Kier molecular flexibility index (Phi) is 10.1. The molecule has 0 N–H and O–H groups in total. The maximum Gasteiger partial charge on any atom is 0.344 e. The second kappa shape index (κ2) is 13.0. The summed E-state index contributed by atoms with van der Waals surface area (Å²) in [6.45, 7) is 4.08. The van der Waals surface area contributed by atoms with Gasteiger partial charge < -0.3 is 18.9 Å². The molecule has 1 heterocycles. The zero-order valence-corrected chi connectivity index (χ0v) is 19.4. The first-order chi connectivity index (χ1) is 16.3. The van der Waals surface area contributed by atoms with Crippen LogP contribution in [0.25, 0.3) is 0 Å². The summed E-state index contributed by atoms with van der Waals surface area (Å²) in [4.78, 5) is 62.7. The molecule has 11 nitrogen and oxygen atoms in total. The van der Waals surface area contributed by atoms with Gasteiger partial charge in [0.15, 0.2) is 6.61 Å². The normalized spacial score (nSPS) is 14.4. The number of benzene rings is 1. The van der Waals surface area contributed by atoms with Gasteiger partial charge in [-0.05, 0) is 44.9 Å². The molecule has 34 heavy (non-hydrogen) atoms. The minimum Gasteiger partial charge on any atom is -0.482 e. The third-order valence-corrected chi connectivity index (χ3v) is 4.49. The molecule has 0 bridgehead atoms. The van der Waals surface area contributed by atoms with E-state index in [2.05, 4.69) is 0 Å². The largest absolute Gasteiger partial charge is 0.482 e. The monoisotopic (exact) mass is 476 g/mol. The zero-order valence-electron chi connectivity index (χ0n) is 19.4. The molecule has 1 aliphatic heterocycles. The standard InChI is InChI=1S/C23H28N2O9/c1-4-31-19(26)13-24-18(22(29)25(23(24)30)14-20(27)32-5-2)11-10-16-8-7-9-17(12-16)34-15-21(28)33-6-3/h7-9,11-12H,4-6,10,13-15H2,1-3H3. The molecule has 11 heteroatoms. The van der Waals surface area contributed by atoms with Crippen LogP contribution in [0.4, 0.5) is 4.79 Å². The van der Waals surface area contributed by atoms with Crippen LogP contribution in [0, 0.1) is 0 Å². The van der Waals surface area contributed by atoms with E-state index in [-0.39, 0.29) is 38.5 Å². The lowest BCUT2D eigenvalue weighted by molar-refractivity contribution is -0.146. The highest BCUT2D eigenvalue weighted by Gasteiger charge is 2.43. The Hall–Kier alpha value is -3.89. The minimum atomic E-state index is -0.816. The number of allylic oxidation sites excluding steroid dienone is 1. The summed E-state index contributed by atoms with van der Waals surface area (Å²) in [5.74, 6) is -2.24. The van der Waals surface area contributed by atoms with Gasteiger partial charge in [-0.15, -0.1) is 0 Å². The number of hydrogen-bond acceptors (Lipinski definition) is 9. The molecular weight excluding hydrogens is 448 g/mol. The summed E-state index contributed by atoms with van der Waals surface area (Å²) in [6, 6.07) is 5.99. The predicted octanol–water partition coefficient (Wildman–Crippen LogP) is 1.45. The Morgan fingerprint density at radius 1 is 0.853 bits per heavy atom. The number of carbonyl (C=O) groups excluding carboxylic acids is 5. The lowest BCUT2D eigenvalue weighted by Gasteiger charge is -2.16. The van der Waals surface area contributed by atoms with Gasteiger partial charge in [-0.2, -0.15) is 0 Å². The average Bonchev–Trinajstić information content (AvgIpc) is 3.01. The molecule has 0 spiro atoms. The highest BCUT2D eigenvalue weighted by molar-refractivity contribution is 6.13. The molecule has 1 aliphatic rings. The van der Waals surface area contributed by atoms with Gasteiger partial charge >= 0.3 is 23.9 Å². The highest BCUT2D eigenvalue weighted by atomic mass is 16.6. The lowest BCUT2D eigenvalue weighted by atomic mass is 10.1. The fourth-order valence-corrected chi connectivity index (χ4v) is 3.07. The summed E-state index contributed by atoms with van der Waals surface area (Å²) < 4.78 is 20.0. The Morgan fingerprint density at radius 2 is 1.44 bits per heavy atom. The molecule has 1 aromatic carbocycles. The van der Waals surface area contributed by atoms with Gasteiger partial charge in [0.05, 0.1) is 19.8 Å². The van der Waals surface area contributed by atoms with E-state index in [0.717, 1.165) is 9.80 Å². The van der Waals surface area contributed by atoms with Crippen molar-refractivity contribution in [2.45, 2.75) is 27.2 Å². The molecule has 1 aromatic rings. The van der Waals surface area contributed by atoms with E-state index < -0.39 is 42.9 Å². The molecule has 1 fully saturated rings. The quantitative estimate of drug-likeness (QED) is 0.190. The first-order valence-corrected chi connectivity index (χ1v) is 10.8. The van der Waals surface area contributed by atoms with Crippen molar-refractivity contribution < 1.29 is 42.9 Å². The minimum absolute atomic E-state index is 0.0554. The molecule has 0 aliphatic carbocycles.